The molecule has 0 heterocycles. The topological polar surface area (TPSA) is 84.6 Å². The van der Waals surface area contributed by atoms with Crippen LogP contribution in [0.25, 0.3) is 0 Å². The van der Waals surface area contributed by atoms with Gasteiger partial charge in [-0.15, -0.1) is 0 Å². The van der Waals surface area contributed by atoms with Gasteiger partial charge in [-0.3, -0.25) is 4.79 Å². The van der Waals surface area contributed by atoms with Crippen molar-refractivity contribution in [1.82, 2.24) is 5.32 Å². The molecule has 1 amide bonds. The van der Waals surface area contributed by atoms with Crippen molar-refractivity contribution in [3.05, 3.63) is 23.8 Å². The van der Waals surface area contributed by atoms with Crippen molar-refractivity contribution in [1.29, 1.82) is 0 Å². The fourth-order valence-corrected chi connectivity index (χ4v) is 1.31. The maximum absolute atomic E-state index is 11.8. The van der Waals surface area contributed by atoms with Gasteiger partial charge in [0.05, 0.1) is 18.8 Å². The van der Waals surface area contributed by atoms with E-state index in [1.54, 1.807) is 18.2 Å². The van der Waals surface area contributed by atoms with Gasteiger partial charge in [0.15, 0.2) is 0 Å². The maximum atomic E-state index is 11.8. The minimum atomic E-state index is -0.536. The molecule has 0 aliphatic rings. The molecule has 1 aromatic carbocycles. The third-order valence-corrected chi connectivity index (χ3v) is 2.47. The second-order valence-corrected chi connectivity index (χ2v) is 3.73. The lowest BCUT2D eigenvalue weighted by atomic mass is 10.1. The predicted molar refractivity (Wildman–Crippen MR) is 66.0 cm³/mol. The Balaban J connectivity index is 2.74. The normalized spacial score (nSPS) is 11.9. The zero-order valence-electron chi connectivity index (χ0n) is 10.1. The molecule has 0 saturated heterocycles. The van der Waals surface area contributed by atoms with Gasteiger partial charge < -0.3 is 20.9 Å². The molecule has 17 heavy (non-hydrogen) atoms. The fraction of sp³-hybridized carbons (Fsp3) is 0.417. The van der Waals surface area contributed by atoms with Gasteiger partial charge in [-0.1, -0.05) is 6.92 Å². The highest BCUT2D eigenvalue weighted by Gasteiger charge is 2.11. The average molecular weight is 238 g/mol. The molecule has 4 N–H and O–H groups in total. The van der Waals surface area contributed by atoms with Crippen molar-refractivity contribution in [2.24, 2.45) is 0 Å². The summed E-state index contributed by atoms with van der Waals surface area (Å²) in [6.07, 6.45) is 0.0548. The summed E-state index contributed by atoms with van der Waals surface area (Å²) in [5, 5.41) is 12.0. The number of hydrogen-bond acceptors (Lipinski definition) is 4. The molecule has 1 atom stereocenters. The van der Waals surface area contributed by atoms with E-state index in [1.165, 1.54) is 7.11 Å². The number of benzene rings is 1. The van der Waals surface area contributed by atoms with E-state index in [0.717, 1.165) is 0 Å². The summed E-state index contributed by atoms with van der Waals surface area (Å²) >= 11 is 0. The van der Waals surface area contributed by atoms with Crippen LogP contribution in [0.4, 0.5) is 5.69 Å². The van der Waals surface area contributed by atoms with Crippen molar-refractivity contribution in [3.63, 3.8) is 0 Å². The molecule has 0 aromatic heterocycles. The largest absolute Gasteiger partial charge is 0.497 e. The van der Waals surface area contributed by atoms with E-state index in [0.29, 0.717) is 23.4 Å². The van der Waals surface area contributed by atoms with Crippen LogP contribution in [0.5, 0.6) is 5.75 Å². The summed E-state index contributed by atoms with van der Waals surface area (Å²) in [5.41, 5.74) is 6.44. The highest BCUT2D eigenvalue weighted by atomic mass is 16.5. The van der Waals surface area contributed by atoms with Gasteiger partial charge in [-0.05, 0) is 24.6 Å². The lowest BCUT2D eigenvalue weighted by Gasteiger charge is -2.11. The molecule has 94 valence electrons. The van der Waals surface area contributed by atoms with Gasteiger partial charge >= 0.3 is 0 Å². The Morgan fingerprint density at radius 1 is 1.59 bits per heavy atom. The first kappa shape index (κ1) is 13.3. The summed E-state index contributed by atoms with van der Waals surface area (Å²) in [6.45, 7) is 2.06. The quantitative estimate of drug-likeness (QED) is 0.662. The number of nitrogens with two attached hydrogens (primary N) is 1. The molecule has 0 radical (unpaired) electrons. The molecule has 0 bridgehead atoms. The van der Waals surface area contributed by atoms with E-state index >= 15 is 0 Å². The number of carbonyl (C=O) groups is 1. The lowest BCUT2D eigenvalue weighted by Crippen LogP contribution is -2.32. The SMILES string of the molecule is CCC(O)CNC(=O)c1cc(OC)ccc1N. The summed E-state index contributed by atoms with van der Waals surface area (Å²) in [4.78, 5) is 11.8. The Bertz CT molecular complexity index is 393. The highest BCUT2D eigenvalue weighted by Crippen LogP contribution is 2.19. The van der Waals surface area contributed by atoms with Gasteiger partial charge in [0.2, 0.25) is 0 Å². The molecule has 5 heteroatoms. The van der Waals surface area contributed by atoms with Crippen LogP contribution in [0.15, 0.2) is 18.2 Å². The Labute approximate surface area is 101 Å². The molecule has 0 fully saturated rings. The number of aliphatic hydroxyl groups excluding tert-OH is 1. The molecule has 0 spiro atoms. The maximum Gasteiger partial charge on any atom is 0.253 e. The van der Waals surface area contributed by atoms with Crippen LogP contribution >= 0.6 is 0 Å². The van der Waals surface area contributed by atoms with Gasteiger partial charge in [0.1, 0.15) is 5.75 Å². The third kappa shape index (κ3) is 3.64. The second kappa shape index (κ2) is 6.10. The smallest absolute Gasteiger partial charge is 0.253 e. The van der Waals surface area contributed by atoms with Gasteiger partial charge in [-0.25, -0.2) is 0 Å². The minimum absolute atomic E-state index is 0.214. The number of nitrogen functional groups attached to an aromatic ring is 1. The van der Waals surface area contributed by atoms with Crippen LogP contribution in [0.2, 0.25) is 0 Å². The second-order valence-electron chi connectivity index (χ2n) is 3.73. The van der Waals surface area contributed by atoms with Crippen molar-refractivity contribution >= 4 is 11.6 Å². The predicted octanol–water partition coefficient (Wildman–Crippen LogP) is 0.778. The number of methoxy groups -OCH3 is 1. The molecule has 0 aliphatic carbocycles. The van der Waals surface area contributed by atoms with E-state index in [9.17, 15) is 9.90 Å². The molecule has 0 saturated carbocycles. The van der Waals surface area contributed by atoms with Crippen molar-refractivity contribution in [2.75, 3.05) is 19.4 Å². The van der Waals surface area contributed by atoms with E-state index in [4.69, 9.17) is 10.5 Å². The zero-order valence-corrected chi connectivity index (χ0v) is 10.1. The van der Waals surface area contributed by atoms with Crippen LogP contribution < -0.4 is 15.8 Å². The Kier molecular flexibility index (Phi) is 4.78. The first-order chi connectivity index (χ1) is 8.08. The van der Waals surface area contributed by atoms with Crippen molar-refractivity contribution in [2.45, 2.75) is 19.4 Å². The Morgan fingerprint density at radius 2 is 2.29 bits per heavy atom. The van der Waals surface area contributed by atoms with Crippen LogP contribution in [0.1, 0.15) is 23.7 Å². The van der Waals surface area contributed by atoms with Crippen LogP contribution in [0.3, 0.4) is 0 Å². The number of amides is 1. The number of aliphatic hydroxyl groups is 1. The molecular weight excluding hydrogens is 220 g/mol. The number of ether oxygens (including phenoxy) is 1. The highest BCUT2D eigenvalue weighted by molar-refractivity contribution is 5.99. The monoisotopic (exact) mass is 238 g/mol. The zero-order chi connectivity index (χ0) is 12.8. The van der Waals surface area contributed by atoms with Crippen LogP contribution in [-0.4, -0.2) is 30.8 Å². The minimum Gasteiger partial charge on any atom is -0.497 e. The van der Waals surface area contributed by atoms with Gasteiger partial charge in [0, 0.05) is 12.2 Å². The molecule has 0 aliphatic heterocycles. The first-order valence-electron chi connectivity index (χ1n) is 5.48. The van der Waals surface area contributed by atoms with E-state index in [-0.39, 0.29) is 12.5 Å². The first-order valence-corrected chi connectivity index (χ1v) is 5.48. The number of anilines is 1. The van der Waals surface area contributed by atoms with Gasteiger partial charge in [0.25, 0.3) is 5.91 Å². The van der Waals surface area contributed by atoms with Crippen LogP contribution in [0, 0.1) is 0 Å². The summed E-state index contributed by atoms with van der Waals surface area (Å²) in [5.74, 6) is 0.259. The number of carbonyl (C=O) groups excluding carboxylic acids is 1. The number of rotatable bonds is 5. The molecule has 1 aromatic rings. The Hall–Kier alpha value is -1.75. The van der Waals surface area contributed by atoms with E-state index in [1.807, 2.05) is 6.92 Å². The summed E-state index contributed by atoms with van der Waals surface area (Å²) < 4.78 is 5.02. The number of nitrogens with one attached hydrogen (secondary N) is 1. The van der Waals surface area contributed by atoms with E-state index < -0.39 is 6.10 Å². The van der Waals surface area contributed by atoms with E-state index in [2.05, 4.69) is 5.32 Å². The van der Waals surface area contributed by atoms with Crippen molar-refractivity contribution in [3.8, 4) is 5.75 Å². The molecule has 1 unspecified atom stereocenters. The molecule has 1 rings (SSSR count). The fourth-order valence-electron chi connectivity index (χ4n) is 1.31. The average Bonchev–Trinajstić information content (AvgIpc) is 2.36. The number of hydrogen-bond donors (Lipinski definition) is 3. The standard InChI is InChI=1S/C12H18N2O3/c1-3-8(15)7-14-12(16)10-6-9(17-2)4-5-11(10)13/h4-6,8,15H,3,7,13H2,1-2H3,(H,14,16). The lowest BCUT2D eigenvalue weighted by molar-refractivity contribution is 0.0914. The summed E-state index contributed by atoms with van der Waals surface area (Å²) in [7, 11) is 1.52. The summed E-state index contributed by atoms with van der Waals surface area (Å²) in [6, 6.07) is 4.87. The third-order valence-electron chi connectivity index (χ3n) is 2.47. The van der Waals surface area contributed by atoms with Gasteiger partial charge in [-0.2, -0.15) is 0 Å². The molecule has 5 nitrogen and oxygen atoms in total. The molecular formula is C12H18N2O3. The van der Waals surface area contributed by atoms with Crippen LogP contribution in [-0.2, 0) is 0 Å². The van der Waals surface area contributed by atoms with Crippen molar-refractivity contribution < 1.29 is 14.6 Å². The Morgan fingerprint density at radius 3 is 2.88 bits per heavy atom.